The van der Waals surface area contributed by atoms with Crippen LogP contribution in [0.25, 0.3) is 22.1 Å². The summed E-state index contributed by atoms with van der Waals surface area (Å²) in [4.78, 5) is 11.1. The van der Waals surface area contributed by atoms with E-state index in [2.05, 4.69) is 6.07 Å². The number of carboxylic acids is 1. The number of halogens is 1. The topological polar surface area (TPSA) is 76.5 Å². The SMILES string of the molecule is NCc1cc(F)cc(-c2cc(CCc3ccccc3CC(=O)O)cc3ccoc23)c1. The number of carboxylic acid groups (broad SMARTS) is 1. The first-order valence-corrected chi connectivity index (χ1v) is 9.82. The van der Waals surface area contributed by atoms with Gasteiger partial charge in [0.1, 0.15) is 11.4 Å². The van der Waals surface area contributed by atoms with Crippen molar-refractivity contribution < 1.29 is 18.7 Å². The summed E-state index contributed by atoms with van der Waals surface area (Å²) in [5, 5.41) is 10.1. The van der Waals surface area contributed by atoms with Crippen LogP contribution in [0.3, 0.4) is 0 Å². The number of furan rings is 1. The third-order valence-electron chi connectivity index (χ3n) is 5.26. The van der Waals surface area contributed by atoms with Gasteiger partial charge in [-0.1, -0.05) is 24.3 Å². The van der Waals surface area contributed by atoms with Gasteiger partial charge in [-0.05, 0) is 77.1 Å². The molecule has 4 rings (SSSR count). The number of nitrogens with two attached hydrogens (primary N) is 1. The molecule has 3 aromatic carbocycles. The van der Waals surface area contributed by atoms with Crippen LogP contribution in [-0.2, 0) is 30.6 Å². The Morgan fingerprint density at radius 3 is 2.53 bits per heavy atom. The molecule has 0 amide bonds. The van der Waals surface area contributed by atoms with E-state index in [1.165, 1.54) is 12.1 Å². The molecule has 1 aromatic heterocycles. The van der Waals surface area contributed by atoms with Gasteiger partial charge in [-0.3, -0.25) is 4.79 Å². The van der Waals surface area contributed by atoms with Crippen LogP contribution in [0.1, 0.15) is 22.3 Å². The zero-order valence-corrected chi connectivity index (χ0v) is 16.4. The third-order valence-corrected chi connectivity index (χ3v) is 5.26. The average Bonchev–Trinajstić information content (AvgIpc) is 3.20. The summed E-state index contributed by atoms with van der Waals surface area (Å²) >= 11 is 0. The van der Waals surface area contributed by atoms with E-state index >= 15 is 0 Å². The summed E-state index contributed by atoms with van der Waals surface area (Å²) in [5.41, 5.74) is 11.6. The summed E-state index contributed by atoms with van der Waals surface area (Å²) in [7, 11) is 0. The van der Waals surface area contributed by atoms with Gasteiger partial charge in [0.05, 0.1) is 12.7 Å². The number of aliphatic carboxylic acids is 1. The quantitative estimate of drug-likeness (QED) is 0.450. The summed E-state index contributed by atoms with van der Waals surface area (Å²) in [6, 6.07) is 18.4. The minimum atomic E-state index is -0.841. The normalized spacial score (nSPS) is 11.1. The smallest absolute Gasteiger partial charge is 0.307 e. The molecule has 0 saturated heterocycles. The van der Waals surface area contributed by atoms with Crippen molar-refractivity contribution in [2.24, 2.45) is 5.73 Å². The molecule has 0 atom stereocenters. The van der Waals surface area contributed by atoms with Crippen LogP contribution in [0, 0.1) is 5.82 Å². The Kier molecular flexibility index (Phi) is 5.63. The van der Waals surface area contributed by atoms with Gasteiger partial charge in [-0.2, -0.15) is 0 Å². The first-order chi connectivity index (χ1) is 14.5. The Bertz CT molecular complexity index is 1210. The average molecular weight is 403 g/mol. The number of hydrogen-bond donors (Lipinski definition) is 2. The van der Waals surface area contributed by atoms with Gasteiger partial charge in [-0.25, -0.2) is 4.39 Å². The molecule has 152 valence electrons. The predicted octanol–water partition coefficient (Wildman–Crippen LogP) is 5.11. The van der Waals surface area contributed by atoms with Crippen LogP contribution < -0.4 is 5.73 Å². The first kappa shape index (κ1) is 19.9. The Hall–Kier alpha value is -3.44. The third kappa shape index (κ3) is 4.26. The van der Waals surface area contributed by atoms with E-state index < -0.39 is 5.97 Å². The summed E-state index contributed by atoms with van der Waals surface area (Å²) < 4.78 is 19.8. The number of rotatable bonds is 7. The number of hydrogen-bond acceptors (Lipinski definition) is 3. The van der Waals surface area contributed by atoms with Gasteiger partial charge < -0.3 is 15.3 Å². The Morgan fingerprint density at radius 1 is 0.967 bits per heavy atom. The van der Waals surface area contributed by atoms with Crippen LogP contribution >= 0.6 is 0 Å². The number of fused-ring (bicyclic) bond motifs is 1. The van der Waals surface area contributed by atoms with E-state index in [9.17, 15) is 9.18 Å². The molecule has 30 heavy (non-hydrogen) atoms. The molecule has 0 saturated carbocycles. The molecular weight excluding hydrogens is 381 g/mol. The van der Waals surface area contributed by atoms with Crippen molar-refractivity contribution in [1.29, 1.82) is 0 Å². The molecule has 4 aromatic rings. The molecule has 0 spiro atoms. The minimum Gasteiger partial charge on any atom is -0.481 e. The lowest BCUT2D eigenvalue weighted by atomic mass is 9.94. The van der Waals surface area contributed by atoms with Crippen molar-refractivity contribution >= 4 is 16.9 Å². The highest BCUT2D eigenvalue weighted by atomic mass is 19.1. The zero-order valence-electron chi connectivity index (χ0n) is 16.4. The predicted molar refractivity (Wildman–Crippen MR) is 115 cm³/mol. The van der Waals surface area contributed by atoms with E-state index in [4.69, 9.17) is 15.3 Å². The Morgan fingerprint density at radius 2 is 1.77 bits per heavy atom. The van der Waals surface area contributed by atoms with Gasteiger partial charge >= 0.3 is 5.97 Å². The molecule has 0 radical (unpaired) electrons. The van der Waals surface area contributed by atoms with Crippen molar-refractivity contribution in [1.82, 2.24) is 0 Å². The van der Waals surface area contributed by atoms with Crippen LogP contribution in [-0.4, -0.2) is 11.1 Å². The number of aryl methyl sites for hydroxylation is 2. The van der Waals surface area contributed by atoms with E-state index in [0.29, 0.717) is 12.0 Å². The zero-order chi connectivity index (χ0) is 21.1. The standard InChI is InChI=1S/C25H22FNO3/c26-22-11-17(15-27)10-21(13-22)23-12-16(9-20-7-8-30-25(20)23)5-6-18-3-1-2-4-19(18)14-24(28)29/h1-4,7-13H,5-6,14-15,27H2,(H,28,29). The van der Waals surface area contributed by atoms with Crippen LogP contribution in [0.2, 0.25) is 0 Å². The van der Waals surface area contributed by atoms with Gasteiger partial charge in [0.2, 0.25) is 0 Å². The van der Waals surface area contributed by atoms with Crippen LogP contribution in [0.5, 0.6) is 0 Å². The van der Waals surface area contributed by atoms with E-state index in [1.54, 1.807) is 6.26 Å². The number of benzene rings is 3. The largest absolute Gasteiger partial charge is 0.481 e. The summed E-state index contributed by atoms with van der Waals surface area (Å²) in [5.74, 6) is -1.17. The maximum absolute atomic E-state index is 14.1. The van der Waals surface area contributed by atoms with Gasteiger partial charge in [0, 0.05) is 17.5 Å². The Labute approximate surface area is 173 Å². The molecule has 0 aliphatic carbocycles. The fourth-order valence-corrected chi connectivity index (χ4v) is 3.84. The summed E-state index contributed by atoms with van der Waals surface area (Å²) in [6.07, 6.45) is 3.07. The second-order valence-corrected chi connectivity index (χ2v) is 7.37. The van der Waals surface area contributed by atoms with Crippen molar-refractivity contribution in [3.63, 3.8) is 0 Å². The number of carbonyl (C=O) groups is 1. The van der Waals surface area contributed by atoms with Gasteiger partial charge in [0.25, 0.3) is 0 Å². The second-order valence-electron chi connectivity index (χ2n) is 7.37. The first-order valence-electron chi connectivity index (χ1n) is 9.82. The fraction of sp³-hybridized carbons (Fsp3) is 0.160. The molecule has 0 aliphatic heterocycles. The maximum Gasteiger partial charge on any atom is 0.307 e. The Balaban J connectivity index is 1.69. The molecule has 0 aliphatic rings. The highest BCUT2D eigenvalue weighted by molar-refractivity contribution is 5.93. The molecule has 0 bridgehead atoms. The minimum absolute atomic E-state index is 0.00729. The lowest BCUT2D eigenvalue weighted by Gasteiger charge is -2.11. The maximum atomic E-state index is 14.1. The van der Waals surface area contributed by atoms with Crippen LogP contribution in [0.4, 0.5) is 4.39 Å². The highest BCUT2D eigenvalue weighted by Crippen LogP contribution is 2.32. The van der Waals surface area contributed by atoms with Crippen molar-refractivity contribution in [2.75, 3.05) is 0 Å². The molecule has 0 unspecified atom stereocenters. The van der Waals surface area contributed by atoms with E-state index in [1.807, 2.05) is 42.5 Å². The molecular formula is C25H22FNO3. The highest BCUT2D eigenvalue weighted by Gasteiger charge is 2.13. The fourth-order valence-electron chi connectivity index (χ4n) is 3.84. The summed E-state index contributed by atoms with van der Waals surface area (Å²) in [6.45, 7) is 0.256. The second kappa shape index (κ2) is 8.51. The van der Waals surface area contributed by atoms with Crippen molar-refractivity contribution in [2.45, 2.75) is 25.8 Å². The lowest BCUT2D eigenvalue weighted by molar-refractivity contribution is -0.136. The molecule has 0 fully saturated rings. The molecule has 3 N–H and O–H groups in total. The van der Waals surface area contributed by atoms with E-state index in [0.717, 1.165) is 45.2 Å². The molecule has 5 heteroatoms. The lowest BCUT2D eigenvalue weighted by Crippen LogP contribution is -2.04. The van der Waals surface area contributed by atoms with Crippen molar-refractivity contribution in [3.05, 3.63) is 95.0 Å². The van der Waals surface area contributed by atoms with E-state index in [-0.39, 0.29) is 18.8 Å². The van der Waals surface area contributed by atoms with Crippen molar-refractivity contribution in [3.8, 4) is 11.1 Å². The molecule has 4 nitrogen and oxygen atoms in total. The van der Waals surface area contributed by atoms with Gasteiger partial charge in [-0.15, -0.1) is 0 Å². The monoisotopic (exact) mass is 403 g/mol. The van der Waals surface area contributed by atoms with Crippen LogP contribution in [0.15, 0.2) is 71.3 Å². The molecule has 1 heterocycles. The van der Waals surface area contributed by atoms with Gasteiger partial charge in [0.15, 0.2) is 0 Å².